The second-order valence-electron chi connectivity index (χ2n) is 8.47. The molecule has 0 aliphatic heterocycles. The monoisotopic (exact) mass is 473 g/mol. The highest BCUT2D eigenvalue weighted by Gasteiger charge is 2.20. The number of aryl methyl sites for hydroxylation is 1. The summed E-state index contributed by atoms with van der Waals surface area (Å²) in [7, 11) is 0. The normalized spacial score (nSPS) is 11.7. The Hall–Kier alpha value is -5.03. The molecule has 5 rings (SSSR count). The molecule has 176 valence electrons. The molecule has 8 heteroatoms. The molecule has 0 spiro atoms. The zero-order valence-corrected chi connectivity index (χ0v) is 19.8. The first-order valence-corrected chi connectivity index (χ1v) is 11.4. The molecule has 36 heavy (non-hydrogen) atoms. The number of nitrogen functional groups attached to an aromatic ring is 1. The standard InChI is InChI=1S/C28H23N7O/c1-17-13-19(11-12-31-17)23-10-6-7-20-14-24(18(2)33-26-21(15-29)16-32-28(30)34-26)35(27(36)25(20)23)22-8-4-3-5-9-22/h3-14,16,18H,1-2H3,(H3,30,32,33,34)/t18-/m0/s1. The SMILES string of the molecule is Cc1cc(-c2cccc3cc([C@H](C)Nc4nc(N)ncc4C#N)n(-c4ccccc4)c(=O)c23)ccn1. The van der Waals surface area contributed by atoms with Gasteiger partial charge >= 0.3 is 0 Å². The third kappa shape index (κ3) is 4.14. The highest BCUT2D eigenvalue weighted by molar-refractivity contribution is 5.96. The van der Waals surface area contributed by atoms with Crippen molar-refractivity contribution in [2.24, 2.45) is 0 Å². The first-order chi connectivity index (χ1) is 17.5. The molecule has 3 N–H and O–H groups in total. The number of nitrogens with zero attached hydrogens (tertiary/aromatic N) is 5. The van der Waals surface area contributed by atoms with Gasteiger partial charge in [-0.15, -0.1) is 0 Å². The van der Waals surface area contributed by atoms with Crippen molar-refractivity contribution in [1.82, 2.24) is 19.5 Å². The van der Waals surface area contributed by atoms with Crippen LogP contribution in [0.2, 0.25) is 0 Å². The molecule has 3 heterocycles. The fourth-order valence-electron chi connectivity index (χ4n) is 4.36. The summed E-state index contributed by atoms with van der Waals surface area (Å²) in [5, 5.41) is 14.2. The molecule has 0 radical (unpaired) electrons. The van der Waals surface area contributed by atoms with Gasteiger partial charge in [0.15, 0.2) is 0 Å². The summed E-state index contributed by atoms with van der Waals surface area (Å²) in [5.41, 5.74) is 9.98. The van der Waals surface area contributed by atoms with Gasteiger partial charge in [0.25, 0.3) is 5.56 Å². The van der Waals surface area contributed by atoms with E-state index in [9.17, 15) is 10.1 Å². The lowest BCUT2D eigenvalue weighted by molar-refractivity contribution is 0.772. The Morgan fingerprint density at radius 2 is 1.86 bits per heavy atom. The van der Waals surface area contributed by atoms with Crippen LogP contribution >= 0.6 is 0 Å². The molecule has 1 atom stereocenters. The maximum Gasteiger partial charge on any atom is 0.263 e. The van der Waals surface area contributed by atoms with Crippen molar-refractivity contribution in [1.29, 1.82) is 5.26 Å². The highest BCUT2D eigenvalue weighted by Crippen LogP contribution is 2.30. The van der Waals surface area contributed by atoms with Gasteiger partial charge in [0, 0.05) is 23.3 Å². The van der Waals surface area contributed by atoms with Crippen molar-refractivity contribution in [3.8, 4) is 22.9 Å². The Balaban J connectivity index is 1.75. The molecule has 0 saturated heterocycles. The Morgan fingerprint density at radius 1 is 1.06 bits per heavy atom. The van der Waals surface area contributed by atoms with E-state index in [0.717, 1.165) is 27.9 Å². The minimum absolute atomic E-state index is 0.0555. The first kappa shape index (κ1) is 22.7. The van der Waals surface area contributed by atoms with Crippen molar-refractivity contribution < 1.29 is 0 Å². The van der Waals surface area contributed by atoms with Gasteiger partial charge in [0.2, 0.25) is 5.95 Å². The second kappa shape index (κ2) is 9.31. The fraction of sp³-hybridized carbons (Fsp3) is 0.107. The van der Waals surface area contributed by atoms with E-state index < -0.39 is 6.04 Å². The maximum absolute atomic E-state index is 14.2. The van der Waals surface area contributed by atoms with Crippen LogP contribution in [-0.2, 0) is 0 Å². The zero-order valence-electron chi connectivity index (χ0n) is 19.8. The lowest BCUT2D eigenvalue weighted by atomic mass is 9.98. The van der Waals surface area contributed by atoms with Gasteiger partial charge in [-0.05, 0) is 60.7 Å². The van der Waals surface area contributed by atoms with Crippen molar-refractivity contribution in [3.63, 3.8) is 0 Å². The Bertz CT molecular complexity index is 1690. The van der Waals surface area contributed by atoms with Crippen LogP contribution in [0.3, 0.4) is 0 Å². The molecule has 8 nitrogen and oxygen atoms in total. The van der Waals surface area contributed by atoms with Crippen molar-refractivity contribution in [2.45, 2.75) is 19.9 Å². The minimum Gasteiger partial charge on any atom is -0.368 e. The summed E-state index contributed by atoms with van der Waals surface area (Å²) in [6.07, 6.45) is 3.13. The molecule has 0 aliphatic carbocycles. The number of aromatic nitrogens is 4. The molecule has 0 saturated carbocycles. The van der Waals surface area contributed by atoms with Crippen LogP contribution in [0.4, 0.5) is 11.8 Å². The molecular formula is C28H23N7O. The Kier molecular flexibility index (Phi) is 5.88. The summed E-state index contributed by atoms with van der Waals surface area (Å²) >= 11 is 0. The van der Waals surface area contributed by atoms with E-state index in [-0.39, 0.29) is 17.1 Å². The minimum atomic E-state index is -0.393. The summed E-state index contributed by atoms with van der Waals surface area (Å²) in [6, 6.07) is 22.9. The van der Waals surface area contributed by atoms with Crippen molar-refractivity contribution in [2.75, 3.05) is 11.1 Å². The van der Waals surface area contributed by atoms with E-state index in [1.807, 2.05) is 80.6 Å². The average Bonchev–Trinajstić information content (AvgIpc) is 2.89. The van der Waals surface area contributed by atoms with Gasteiger partial charge in [-0.1, -0.05) is 36.4 Å². The van der Waals surface area contributed by atoms with Gasteiger partial charge < -0.3 is 11.1 Å². The molecule has 3 aromatic heterocycles. The van der Waals surface area contributed by atoms with Crippen LogP contribution in [0.25, 0.3) is 27.6 Å². The second-order valence-corrected chi connectivity index (χ2v) is 8.47. The molecule has 2 aromatic carbocycles. The van der Waals surface area contributed by atoms with Crippen LogP contribution < -0.4 is 16.6 Å². The summed E-state index contributed by atoms with van der Waals surface area (Å²) in [4.78, 5) is 26.6. The van der Waals surface area contributed by atoms with E-state index in [2.05, 4.69) is 26.3 Å². The van der Waals surface area contributed by atoms with E-state index in [1.54, 1.807) is 10.8 Å². The molecule has 0 bridgehead atoms. The van der Waals surface area contributed by atoms with E-state index in [0.29, 0.717) is 16.9 Å². The van der Waals surface area contributed by atoms with Gasteiger partial charge in [0.05, 0.1) is 17.6 Å². The highest BCUT2D eigenvalue weighted by atomic mass is 16.1. The smallest absolute Gasteiger partial charge is 0.263 e. The molecule has 0 aliphatic rings. The van der Waals surface area contributed by atoms with Crippen LogP contribution in [0.5, 0.6) is 0 Å². The number of nitrogens with one attached hydrogen (secondary N) is 1. The van der Waals surface area contributed by atoms with Crippen LogP contribution in [0.15, 0.2) is 83.9 Å². The average molecular weight is 474 g/mol. The topological polar surface area (TPSA) is 123 Å². The number of hydrogen-bond donors (Lipinski definition) is 2. The number of nitriles is 1. The summed E-state index contributed by atoms with van der Waals surface area (Å²) in [6.45, 7) is 3.84. The maximum atomic E-state index is 14.2. The number of anilines is 2. The molecule has 0 amide bonds. The predicted molar refractivity (Wildman–Crippen MR) is 141 cm³/mol. The van der Waals surface area contributed by atoms with Gasteiger partial charge in [-0.3, -0.25) is 14.3 Å². The Morgan fingerprint density at radius 3 is 2.61 bits per heavy atom. The van der Waals surface area contributed by atoms with Gasteiger partial charge in [-0.25, -0.2) is 4.98 Å². The van der Waals surface area contributed by atoms with Crippen molar-refractivity contribution in [3.05, 3.63) is 106 Å². The lowest BCUT2D eigenvalue weighted by Gasteiger charge is -2.22. The third-order valence-electron chi connectivity index (χ3n) is 6.02. The van der Waals surface area contributed by atoms with Crippen molar-refractivity contribution >= 4 is 22.5 Å². The van der Waals surface area contributed by atoms with Crippen LogP contribution in [0, 0.1) is 18.3 Å². The van der Waals surface area contributed by atoms with E-state index in [4.69, 9.17) is 5.73 Å². The Labute approximate surface area is 207 Å². The number of rotatable bonds is 5. The van der Waals surface area contributed by atoms with E-state index in [1.165, 1.54) is 6.20 Å². The summed E-state index contributed by atoms with van der Waals surface area (Å²) < 4.78 is 1.70. The molecule has 0 unspecified atom stereocenters. The zero-order chi connectivity index (χ0) is 25.2. The fourth-order valence-corrected chi connectivity index (χ4v) is 4.36. The molecular weight excluding hydrogens is 450 g/mol. The van der Waals surface area contributed by atoms with Gasteiger partial charge in [-0.2, -0.15) is 10.2 Å². The van der Waals surface area contributed by atoms with Crippen LogP contribution in [-0.4, -0.2) is 19.5 Å². The number of para-hydroxylation sites is 1. The molecule has 5 aromatic rings. The first-order valence-electron chi connectivity index (χ1n) is 11.4. The summed E-state index contributed by atoms with van der Waals surface area (Å²) in [5.74, 6) is 0.366. The number of pyridine rings is 2. The number of benzene rings is 2. The third-order valence-corrected chi connectivity index (χ3v) is 6.02. The predicted octanol–water partition coefficient (Wildman–Crippen LogP) is 4.78. The molecule has 0 fully saturated rings. The van der Waals surface area contributed by atoms with Crippen LogP contribution in [0.1, 0.15) is 29.9 Å². The lowest BCUT2D eigenvalue weighted by Crippen LogP contribution is -2.26. The quantitative estimate of drug-likeness (QED) is 0.377. The van der Waals surface area contributed by atoms with E-state index >= 15 is 0 Å². The largest absolute Gasteiger partial charge is 0.368 e. The number of hydrogen-bond acceptors (Lipinski definition) is 7. The van der Waals surface area contributed by atoms with Gasteiger partial charge in [0.1, 0.15) is 17.5 Å². The number of fused-ring (bicyclic) bond motifs is 1. The number of nitrogens with two attached hydrogens (primary N) is 1.